The fourth-order valence-corrected chi connectivity index (χ4v) is 8.67. The van der Waals surface area contributed by atoms with Gasteiger partial charge in [0.15, 0.2) is 0 Å². The summed E-state index contributed by atoms with van der Waals surface area (Å²) in [6.45, 7) is 4.14. The molecule has 56 heavy (non-hydrogen) atoms. The standard InChI is InChI=1S/C49H97NO6/c1-3-5-7-9-11-13-15-17-18-19-20-21-22-23-24-25-26-27-29-31-33-35-37-39-46(52)50-43(38-36-34-32-30-28-16-14-12-10-8-6-4-2)40-41-44-47(53)49(55)48(54)45(42-51)56-44/h43-45,47-49,51,53-55H,3-42H2,1-2H3,(H,50,52)/t43-,44-,45-,47+,48+,49-/m1/s1. The van der Waals surface area contributed by atoms with Gasteiger partial charge in [0.1, 0.15) is 24.4 Å². The Labute approximate surface area is 347 Å². The molecule has 1 rings (SSSR count). The number of carbonyl (C=O) groups is 1. The summed E-state index contributed by atoms with van der Waals surface area (Å²) >= 11 is 0. The number of aliphatic hydroxyl groups excluding tert-OH is 4. The molecule has 5 N–H and O–H groups in total. The third kappa shape index (κ3) is 30.3. The molecule has 0 unspecified atom stereocenters. The van der Waals surface area contributed by atoms with Crippen LogP contribution in [0.4, 0.5) is 0 Å². The predicted octanol–water partition coefficient (Wildman–Crippen LogP) is 12.6. The number of amides is 1. The summed E-state index contributed by atoms with van der Waals surface area (Å²) in [4.78, 5) is 13.0. The zero-order chi connectivity index (χ0) is 40.7. The van der Waals surface area contributed by atoms with E-state index in [0.717, 1.165) is 32.1 Å². The van der Waals surface area contributed by atoms with E-state index in [1.165, 1.54) is 199 Å². The second-order valence-electron chi connectivity index (χ2n) is 17.9. The summed E-state index contributed by atoms with van der Waals surface area (Å²) in [5.41, 5.74) is 0. The van der Waals surface area contributed by atoms with Gasteiger partial charge in [-0.2, -0.15) is 0 Å². The first-order valence-corrected chi connectivity index (χ1v) is 25.0. The summed E-state index contributed by atoms with van der Waals surface area (Å²) in [6.07, 6.45) is 43.8. The largest absolute Gasteiger partial charge is 0.394 e. The number of unbranched alkanes of at least 4 members (excludes halogenated alkanes) is 33. The zero-order valence-electron chi connectivity index (χ0n) is 37.4. The fourth-order valence-electron chi connectivity index (χ4n) is 8.67. The van der Waals surface area contributed by atoms with E-state index in [0.29, 0.717) is 19.3 Å². The van der Waals surface area contributed by atoms with Crippen molar-refractivity contribution in [1.82, 2.24) is 5.32 Å². The first-order chi connectivity index (χ1) is 27.4. The number of nitrogens with one attached hydrogen (secondary N) is 1. The second-order valence-corrected chi connectivity index (χ2v) is 17.9. The van der Waals surface area contributed by atoms with E-state index in [2.05, 4.69) is 19.2 Å². The third-order valence-electron chi connectivity index (χ3n) is 12.6. The number of rotatable bonds is 42. The first-order valence-electron chi connectivity index (χ1n) is 25.0. The lowest BCUT2D eigenvalue weighted by Gasteiger charge is -2.40. The molecule has 1 heterocycles. The number of hydrogen-bond donors (Lipinski definition) is 5. The summed E-state index contributed by atoms with van der Waals surface area (Å²) in [7, 11) is 0. The Morgan fingerprint density at radius 3 is 1.12 bits per heavy atom. The van der Waals surface area contributed by atoms with Crippen molar-refractivity contribution in [2.45, 2.75) is 301 Å². The topological polar surface area (TPSA) is 119 Å². The van der Waals surface area contributed by atoms with Crippen LogP contribution in [0.3, 0.4) is 0 Å². The quantitative estimate of drug-likeness (QED) is 0.0393. The van der Waals surface area contributed by atoms with E-state index < -0.39 is 37.1 Å². The molecule has 0 aliphatic carbocycles. The molecule has 0 radical (unpaired) electrons. The molecular weight excluding hydrogens is 699 g/mol. The lowest BCUT2D eigenvalue weighted by Crippen LogP contribution is -2.58. The van der Waals surface area contributed by atoms with Gasteiger partial charge in [0.2, 0.25) is 5.91 Å². The van der Waals surface area contributed by atoms with Crippen LogP contribution in [0.5, 0.6) is 0 Å². The molecule has 1 fully saturated rings. The Morgan fingerprint density at radius 1 is 0.446 bits per heavy atom. The second kappa shape index (κ2) is 39.7. The van der Waals surface area contributed by atoms with Gasteiger partial charge in [0, 0.05) is 12.5 Å². The SMILES string of the molecule is CCCCCCCCCCCCCCCCCCCCCCCCCC(=O)N[C@H](CCCCCCCCCCCCCC)CC[C@H]1O[C@H](CO)[C@H](O)[C@H](O)[C@H]1O. The van der Waals surface area contributed by atoms with Crippen LogP contribution in [0.2, 0.25) is 0 Å². The minimum atomic E-state index is -1.35. The highest BCUT2D eigenvalue weighted by molar-refractivity contribution is 5.76. The Morgan fingerprint density at radius 2 is 0.768 bits per heavy atom. The number of carbonyl (C=O) groups excluding carboxylic acids is 1. The molecule has 1 aliphatic rings. The minimum Gasteiger partial charge on any atom is -0.394 e. The Bertz CT molecular complexity index is 826. The first kappa shape index (κ1) is 53.3. The monoisotopic (exact) mass is 796 g/mol. The fraction of sp³-hybridized carbons (Fsp3) is 0.980. The average molecular weight is 796 g/mol. The summed E-state index contributed by atoms with van der Waals surface area (Å²) in [5, 5.41) is 43.8. The lowest BCUT2D eigenvalue weighted by atomic mass is 9.91. The van der Waals surface area contributed by atoms with Crippen LogP contribution < -0.4 is 5.32 Å². The summed E-state index contributed by atoms with van der Waals surface area (Å²) in [5.74, 6) is 0.103. The Kier molecular flexibility index (Phi) is 37.8. The Hall–Kier alpha value is -0.730. The van der Waals surface area contributed by atoms with Crippen molar-refractivity contribution in [3.05, 3.63) is 0 Å². The van der Waals surface area contributed by atoms with Crippen molar-refractivity contribution >= 4 is 5.91 Å². The molecule has 0 bridgehead atoms. The van der Waals surface area contributed by atoms with Crippen molar-refractivity contribution in [1.29, 1.82) is 0 Å². The van der Waals surface area contributed by atoms with Crippen LogP contribution in [0.25, 0.3) is 0 Å². The van der Waals surface area contributed by atoms with Gasteiger partial charge in [-0.05, 0) is 25.7 Å². The van der Waals surface area contributed by atoms with Crippen molar-refractivity contribution in [3.63, 3.8) is 0 Å². The van der Waals surface area contributed by atoms with Crippen molar-refractivity contribution < 1.29 is 30.0 Å². The summed E-state index contributed by atoms with van der Waals surface area (Å²) < 4.78 is 5.76. The molecular formula is C49H97NO6. The highest BCUT2D eigenvalue weighted by Crippen LogP contribution is 2.26. The molecule has 7 nitrogen and oxygen atoms in total. The van der Waals surface area contributed by atoms with E-state index in [4.69, 9.17) is 4.74 Å². The molecule has 0 saturated carbocycles. The van der Waals surface area contributed by atoms with Crippen LogP contribution >= 0.6 is 0 Å². The van der Waals surface area contributed by atoms with Crippen molar-refractivity contribution in [2.24, 2.45) is 0 Å². The van der Waals surface area contributed by atoms with E-state index >= 15 is 0 Å². The van der Waals surface area contributed by atoms with Gasteiger partial charge in [0.25, 0.3) is 0 Å². The Balaban J connectivity index is 2.14. The van der Waals surface area contributed by atoms with E-state index in [-0.39, 0.29) is 11.9 Å². The van der Waals surface area contributed by atoms with Gasteiger partial charge in [-0.1, -0.05) is 232 Å². The van der Waals surface area contributed by atoms with Gasteiger partial charge in [-0.3, -0.25) is 4.79 Å². The van der Waals surface area contributed by atoms with Crippen molar-refractivity contribution in [2.75, 3.05) is 6.61 Å². The maximum atomic E-state index is 13.0. The molecule has 334 valence electrons. The summed E-state index contributed by atoms with van der Waals surface area (Å²) in [6, 6.07) is -0.0115. The minimum absolute atomic E-state index is 0.0115. The predicted molar refractivity (Wildman–Crippen MR) is 237 cm³/mol. The van der Waals surface area contributed by atoms with Gasteiger partial charge in [-0.25, -0.2) is 0 Å². The molecule has 1 saturated heterocycles. The van der Waals surface area contributed by atoms with E-state index in [9.17, 15) is 25.2 Å². The van der Waals surface area contributed by atoms with Crippen LogP contribution in [0.15, 0.2) is 0 Å². The smallest absolute Gasteiger partial charge is 0.220 e. The van der Waals surface area contributed by atoms with Crippen LogP contribution in [-0.4, -0.2) is 69.5 Å². The number of hydrogen-bond acceptors (Lipinski definition) is 6. The molecule has 1 aliphatic heterocycles. The van der Waals surface area contributed by atoms with Gasteiger partial charge >= 0.3 is 0 Å². The molecule has 0 aromatic carbocycles. The van der Waals surface area contributed by atoms with Gasteiger partial charge in [0.05, 0.1) is 12.7 Å². The molecule has 0 aromatic rings. The number of ether oxygens (including phenoxy) is 1. The van der Waals surface area contributed by atoms with E-state index in [1.54, 1.807) is 0 Å². The average Bonchev–Trinajstić information content (AvgIpc) is 3.20. The maximum Gasteiger partial charge on any atom is 0.220 e. The molecule has 6 atom stereocenters. The van der Waals surface area contributed by atoms with Crippen molar-refractivity contribution in [3.8, 4) is 0 Å². The zero-order valence-corrected chi connectivity index (χ0v) is 37.4. The lowest BCUT2D eigenvalue weighted by molar-refractivity contribution is -0.230. The highest BCUT2D eigenvalue weighted by Gasteiger charge is 2.43. The highest BCUT2D eigenvalue weighted by atomic mass is 16.5. The molecule has 1 amide bonds. The molecule has 0 spiro atoms. The van der Waals surface area contributed by atoms with Gasteiger partial charge in [-0.15, -0.1) is 0 Å². The van der Waals surface area contributed by atoms with Crippen LogP contribution in [0, 0.1) is 0 Å². The van der Waals surface area contributed by atoms with E-state index in [1.807, 2.05) is 0 Å². The third-order valence-corrected chi connectivity index (χ3v) is 12.6. The van der Waals surface area contributed by atoms with Gasteiger partial charge < -0.3 is 30.5 Å². The molecule has 7 heteroatoms. The number of aliphatic hydroxyl groups is 4. The van der Waals surface area contributed by atoms with Crippen LogP contribution in [-0.2, 0) is 9.53 Å². The van der Waals surface area contributed by atoms with Crippen LogP contribution in [0.1, 0.15) is 264 Å². The normalized spacial score (nSPS) is 20.4. The molecule has 0 aromatic heterocycles. The maximum absolute atomic E-state index is 13.0.